The first kappa shape index (κ1) is 19.9. The molecular weight excluding hydrogens is 260 g/mol. The summed E-state index contributed by atoms with van der Waals surface area (Å²) in [5, 5.41) is 8.20. The highest BCUT2D eigenvalue weighted by Gasteiger charge is 2.25. The van der Waals surface area contributed by atoms with Crippen LogP contribution < -0.4 is 0 Å². The van der Waals surface area contributed by atoms with Gasteiger partial charge in [0.05, 0.1) is 0 Å². The molecule has 0 amide bonds. The summed E-state index contributed by atoms with van der Waals surface area (Å²) in [6, 6.07) is 7.89. The highest BCUT2D eigenvalue weighted by molar-refractivity contribution is 5.98. The van der Waals surface area contributed by atoms with Crippen molar-refractivity contribution < 1.29 is 9.90 Å². The minimum absolute atomic E-state index is 0.322. The molecule has 1 aromatic rings. The lowest BCUT2D eigenvalue weighted by atomic mass is 9.80. The van der Waals surface area contributed by atoms with E-state index in [2.05, 4.69) is 6.92 Å². The van der Waals surface area contributed by atoms with Gasteiger partial charge in [-0.05, 0) is 26.2 Å². The Labute approximate surface area is 130 Å². The molecule has 0 aliphatic heterocycles. The molecule has 1 fully saturated rings. The third kappa shape index (κ3) is 8.01. The van der Waals surface area contributed by atoms with E-state index in [0.717, 1.165) is 31.2 Å². The van der Waals surface area contributed by atoms with Crippen LogP contribution in [0.2, 0.25) is 0 Å². The molecule has 0 aromatic heterocycles. The van der Waals surface area contributed by atoms with Crippen LogP contribution in [0.15, 0.2) is 24.3 Å². The zero-order valence-corrected chi connectivity index (χ0v) is 14.2. The Hall–Kier alpha value is -1.15. The minimum atomic E-state index is 0.322. The fourth-order valence-corrected chi connectivity index (χ4v) is 1.99. The van der Waals surface area contributed by atoms with E-state index in [-0.39, 0.29) is 0 Å². The van der Waals surface area contributed by atoms with E-state index in [9.17, 15) is 4.79 Å². The summed E-state index contributed by atoms with van der Waals surface area (Å²) in [6.45, 7) is 8.51. The molecule has 2 heteroatoms. The topological polar surface area (TPSA) is 37.3 Å². The standard InChI is InChI=1S/C12H14O.C5H12O.C2H6/c1-9-5-7-11(8-6-9)12(13)10-3-2-4-10;1-2-3-4-5-6;1-2/h5-8,10H,2-4H2,1H3;6H,2-5H2,1H3;1-2H3. The number of rotatable bonds is 5. The van der Waals surface area contributed by atoms with Crippen molar-refractivity contribution in [2.24, 2.45) is 5.92 Å². The van der Waals surface area contributed by atoms with Crippen LogP contribution in [0.25, 0.3) is 0 Å². The second kappa shape index (κ2) is 12.6. The first-order chi connectivity index (χ1) is 10.2. The molecule has 0 atom stereocenters. The average Bonchev–Trinajstić information content (AvgIpc) is 2.47. The van der Waals surface area contributed by atoms with Crippen molar-refractivity contribution in [1.82, 2.24) is 0 Å². The van der Waals surface area contributed by atoms with Gasteiger partial charge in [-0.2, -0.15) is 0 Å². The molecule has 0 spiro atoms. The zero-order valence-electron chi connectivity index (χ0n) is 14.2. The second-order valence-corrected chi connectivity index (χ2v) is 5.29. The maximum Gasteiger partial charge on any atom is 0.165 e. The molecule has 1 saturated carbocycles. The SMILES string of the molecule is CC.CCCCCO.Cc1ccc(C(=O)C2CCC2)cc1. The molecule has 2 rings (SSSR count). The van der Waals surface area contributed by atoms with Gasteiger partial charge in [0.2, 0.25) is 0 Å². The number of hydrogen-bond acceptors (Lipinski definition) is 2. The van der Waals surface area contributed by atoms with Gasteiger partial charge in [-0.1, -0.05) is 69.9 Å². The van der Waals surface area contributed by atoms with Gasteiger partial charge in [0.25, 0.3) is 0 Å². The molecule has 1 N–H and O–H groups in total. The number of aryl methyl sites for hydroxylation is 1. The Morgan fingerprint density at radius 1 is 1.14 bits per heavy atom. The van der Waals surface area contributed by atoms with Crippen molar-refractivity contribution in [2.45, 2.75) is 66.2 Å². The monoisotopic (exact) mass is 292 g/mol. The molecule has 0 radical (unpaired) electrons. The lowest BCUT2D eigenvalue weighted by molar-refractivity contribution is 0.0855. The number of aliphatic hydroxyl groups is 1. The maximum atomic E-state index is 11.7. The van der Waals surface area contributed by atoms with Gasteiger partial charge in [-0.3, -0.25) is 4.79 Å². The summed E-state index contributed by atoms with van der Waals surface area (Å²) in [5.74, 6) is 0.661. The van der Waals surface area contributed by atoms with Crippen LogP contribution in [0.4, 0.5) is 0 Å². The van der Waals surface area contributed by atoms with Crippen LogP contribution in [-0.2, 0) is 0 Å². The predicted molar refractivity (Wildman–Crippen MR) is 90.8 cm³/mol. The number of aliphatic hydroxyl groups excluding tert-OH is 1. The lowest BCUT2D eigenvalue weighted by Gasteiger charge is -2.23. The Bertz CT molecular complexity index is 360. The van der Waals surface area contributed by atoms with Gasteiger partial charge in [0.1, 0.15) is 0 Å². The molecule has 1 aliphatic carbocycles. The summed E-state index contributed by atoms with van der Waals surface area (Å²) in [7, 11) is 0. The Kier molecular flexibility index (Phi) is 11.9. The van der Waals surface area contributed by atoms with Gasteiger partial charge in [-0.25, -0.2) is 0 Å². The summed E-state index contributed by atoms with van der Waals surface area (Å²) in [4.78, 5) is 11.7. The van der Waals surface area contributed by atoms with Crippen LogP contribution in [0.3, 0.4) is 0 Å². The smallest absolute Gasteiger partial charge is 0.165 e. The van der Waals surface area contributed by atoms with Crippen molar-refractivity contribution in [3.05, 3.63) is 35.4 Å². The predicted octanol–water partition coefficient (Wildman–Crippen LogP) is 5.17. The molecular formula is C19H32O2. The third-order valence-electron chi connectivity index (χ3n) is 3.57. The van der Waals surface area contributed by atoms with Crippen LogP contribution in [0.5, 0.6) is 0 Å². The van der Waals surface area contributed by atoms with E-state index >= 15 is 0 Å². The number of ketones is 1. The molecule has 0 saturated heterocycles. The van der Waals surface area contributed by atoms with Crippen LogP contribution >= 0.6 is 0 Å². The second-order valence-electron chi connectivity index (χ2n) is 5.29. The number of benzene rings is 1. The van der Waals surface area contributed by atoms with E-state index in [0.29, 0.717) is 18.3 Å². The highest BCUT2D eigenvalue weighted by Crippen LogP contribution is 2.29. The minimum Gasteiger partial charge on any atom is -0.396 e. The molecule has 0 bridgehead atoms. The van der Waals surface area contributed by atoms with Crippen molar-refractivity contribution in [2.75, 3.05) is 6.61 Å². The molecule has 0 heterocycles. The third-order valence-corrected chi connectivity index (χ3v) is 3.57. The molecule has 1 aromatic carbocycles. The molecule has 21 heavy (non-hydrogen) atoms. The van der Waals surface area contributed by atoms with E-state index in [1.165, 1.54) is 18.4 Å². The highest BCUT2D eigenvalue weighted by atomic mass is 16.2. The summed E-state index contributed by atoms with van der Waals surface area (Å²) in [5.41, 5.74) is 2.10. The maximum absolute atomic E-state index is 11.7. The van der Waals surface area contributed by atoms with Gasteiger partial charge < -0.3 is 5.11 Å². The number of carbonyl (C=O) groups excluding carboxylic acids is 1. The fraction of sp³-hybridized carbons (Fsp3) is 0.632. The first-order valence-electron chi connectivity index (χ1n) is 8.40. The molecule has 120 valence electrons. The van der Waals surface area contributed by atoms with Crippen LogP contribution in [0, 0.1) is 12.8 Å². The largest absolute Gasteiger partial charge is 0.396 e. The average molecular weight is 292 g/mol. The summed E-state index contributed by atoms with van der Waals surface area (Å²) in [6.07, 6.45) is 6.73. The lowest BCUT2D eigenvalue weighted by Crippen LogP contribution is -2.21. The Morgan fingerprint density at radius 3 is 2.05 bits per heavy atom. The van der Waals surface area contributed by atoms with Crippen molar-refractivity contribution in [1.29, 1.82) is 0 Å². The molecule has 0 unspecified atom stereocenters. The molecule has 2 nitrogen and oxygen atoms in total. The van der Waals surface area contributed by atoms with Crippen molar-refractivity contribution in [3.8, 4) is 0 Å². The van der Waals surface area contributed by atoms with Crippen molar-refractivity contribution in [3.63, 3.8) is 0 Å². The van der Waals surface area contributed by atoms with E-state index in [1.54, 1.807) is 0 Å². The normalized spacial score (nSPS) is 13.2. The summed E-state index contributed by atoms with van der Waals surface area (Å²) < 4.78 is 0. The Morgan fingerprint density at radius 2 is 1.71 bits per heavy atom. The van der Waals surface area contributed by atoms with Gasteiger partial charge in [0, 0.05) is 18.1 Å². The number of unbranched alkanes of at least 4 members (excludes halogenated alkanes) is 2. The van der Waals surface area contributed by atoms with Gasteiger partial charge >= 0.3 is 0 Å². The summed E-state index contributed by atoms with van der Waals surface area (Å²) >= 11 is 0. The number of carbonyl (C=O) groups is 1. The van der Waals surface area contributed by atoms with Gasteiger partial charge in [-0.15, -0.1) is 0 Å². The van der Waals surface area contributed by atoms with Crippen molar-refractivity contribution >= 4 is 5.78 Å². The Balaban J connectivity index is 0.000000427. The van der Waals surface area contributed by atoms with Crippen LogP contribution in [-0.4, -0.2) is 17.5 Å². The first-order valence-corrected chi connectivity index (χ1v) is 8.40. The van der Waals surface area contributed by atoms with E-state index < -0.39 is 0 Å². The number of hydrogen-bond donors (Lipinski definition) is 1. The quantitative estimate of drug-likeness (QED) is 0.600. The van der Waals surface area contributed by atoms with E-state index in [1.807, 2.05) is 45.0 Å². The van der Waals surface area contributed by atoms with E-state index in [4.69, 9.17) is 5.11 Å². The number of Topliss-reactive ketones (excluding diaryl/α,β-unsaturated/α-hetero) is 1. The zero-order chi connectivity index (χ0) is 16.1. The fourth-order valence-electron chi connectivity index (χ4n) is 1.99. The molecule has 1 aliphatic rings. The van der Waals surface area contributed by atoms with Gasteiger partial charge in [0.15, 0.2) is 5.78 Å². The van der Waals surface area contributed by atoms with Crippen LogP contribution in [0.1, 0.15) is 75.2 Å².